The molecule has 132 valence electrons. The van der Waals surface area contributed by atoms with Crippen LogP contribution in [0.15, 0.2) is 29.2 Å². The Hall–Kier alpha value is -2.32. The van der Waals surface area contributed by atoms with Crippen molar-refractivity contribution < 1.29 is 9.53 Å². The number of allylic oxidation sites excluding steroid dienone is 1. The molecular weight excluding hydrogens is 334 g/mol. The normalized spacial score (nSPS) is 14.7. The van der Waals surface area contributed by atoms with Gasteiger partial charge in [-0.2, -0.15) is 0 Å². The molecule has 0 aromatic carbocycles. The number of ether oxygens (including phenoxy) is 1. The molecule has 0 saturated carbocycles. The third-order valence-corrected chi connectivity index (χ3v) is 5.83. The van der Waals surface area contributed by atoms with Crippen LogP contribution in [-0.4, -0.2) is 47.9 Å². The van der Waals surface area contributed by atoms with Gasteiger partial charge in [-0.15, -0.1) is 0 Å². The molecule has 2 N–H and O–H groups in total. The first kappa shape index (κ1) is 17.5. The molecule has 0 atom stereocenters. The van der Waals surface area contributed by atoms with Crippen LogP contribution in [0.2, 0.25) is 25.7 Å². The van der Waals surface area contributed by atoms with E-state index in [1.165, 1.54) is 6.33 Å². The van der Waals surface area contributed by atoms with Crippen LogP contribution < -0.4 is 5.73 Å². The average molecular weight is 357 g/mol. The van der Waals surface area contributed by atoms with Crippen molar-refractivity contribution in [2.45, 2.75) is 32.4 Å². The summed E-state index contributed by atoms with van der Waals surface area (Å²) in [6.07, 6.45) is 5.08. The number of carbonyl (C=O) groups excluding carboxylic acids is 1. The topological polar surface area (TPSA) is 95.4 Å². The molecule has 0 unspecified atom stereocenters. The Labute approximate surface area is 147 Å². The highest BCUT2D eigenvalue weighted by Crippen LogP contribution is 2.26. The fraction of sp³-hybridized carbons (Fsp3) is 0.412. The average Bonchev–Trinajstić information content (AvgIpc) is 3.17. The van der Waals surface area contributed by atoms with E-state index in [4.69, 9.17) is 10.5 Å². The van der Waals surface area contributed by atoms with E-state index in [9.17, 15) is 4.79 Å². The van der Waals surface area contributed by atoms with Gasteiger partial charge in [0.2, 0.25) is 5.91 Å². The van der Waals surface area contributed by atoms with Crippen LogP contribution in [0.3, 0.4) is 0 Å². The molecule has 25 heavy (non-hydrogen) atoms. The number of fused-ring (bicyclic) bond motifs is 1. The SMILES string of the molecule is C[Si](C)(C)CCOCn1ccc2c(C3=C(C(N)=O)CN=C3)ncnc21. The third kappa shape index (κ3) is 3.85. The molecule has 0 fully saturated rings. The van der Waals surface area contributed by atoms with Gasteiger partial charge in [-0.3, -0.25) is 9.79 Å². The van der Waals surface area contributed by atoms with Crippen LogP contribution in [0.25, 0.3) is 16.6 Å². The van der Waals surface area contributed by atoms with Crippen LogP contribution in [0.5, 0.6) is 0 Å². The number of hydrogen-bond donors (Lipinski definition) is 1. The quantitative estimate of drug-likeness (QED) is 0.606. The zero-order chi connectivity index (χ0) is 18.0. The lowest BCUT2D eigenvalue weighted by molar-refractivity contribution is -0.114. The molecule has 0 aliphatic carbocycles. The highest BCUT2D eigenvalue weighted by atomic mass is 28.3. The number of rotatable bonds is 7. The van der Waals surface area contributed by atoms with E-state index in [0.717, 1.165) is 23.7 Å². The van der Waals surface area contributed by atoms with Crippen molar-refractivity contribution in [2.75, 3.05) is 13.2 Å². The largest absolute Gasteiger partial charge is 0.366 e. The predicted octanol–water partition coefficient (Wildman–Crippen LogP) is 2.07. The fourth-order valence-electron chi connectivity index (χ4n) is 2.67. The van der Waals surface area contributed by atoms with Crippen molar-refractivity contribution in [3.05, 3.63) is 29.9 Å². The number of nitrogens with two attached hydrogens (primary N) is 1. The van der Waals surface area contributed by atoms with Gasteiger partial charge >= 0.3 is 0 Å². The van der Waals surface area contributed by atoms with E-state index in [1.54, 1.807) is 6.21 Å². The molecule has 0 saturated heterocycles. The van der Waals surface area contributed by atoms with E-state index in [2.05, 4.69) is 34.6 Å². The molecule has 0 radical (unpaired) electrons. The van der Waals surface area contributed by atoms with E-state index in [0.29, 0.717) is 30.1 Å². The number of nitrogens with zero attached hydrogens (tertiary/aromatic N) is 4. The fourth-order valence-corrected chi connectivity index (χ4v) is 3.43. The molecule has 1 aliphatic heterocycles. The van der Waals surface area contributed by atoms with Crippen molar-refractivity contribution in [2.24, 2.45) is 10.7 Å². The number of hydrogen-bond acceptors (Lipinski definition) is 5. The van der Waals surface area contributed by atoms with Gasteiger partial charge in [0.1, 0.15) is 18.7 Å². The minimum atomic E-state index is -1.10. The highest BCUT2D eigenvalue weighted by molar-refractivity contribution is 6.76. The summed E-state index contributed by atoms with van der Waals surface area (Å²) in [5, 5.41) is 0.860. The molecule has 1 aliphatic rings. The van der Waals surface area contributed by atoms with Crippen LogP contribution in [0.4, 0.5) is 0 Å². The van der Waals surface area contributed by atoms with Crippen molar-refractivity contribution in [3.63, 3.8) is 0 Å². The van der Waals surface area contributed by atoms with E-state index < -0.39 is 14.0 Å². The second-order valence-corrected chi connectivity index (χ2v) is 12.9. The summed E-state index contributed by atoms with van der Waals surface area (Å²) in [4.78, 5) is 24.5. The van der Waals surface area contributed by atoms with Gasteiger partial charge in [-0.1, -0.05) is 19.6 Å². The van der Waals surface area contributed by atoms with Crippen molar-refractivity contribution in [1.82, 2.24) is 14.5 Å². The Morgan fingerprint density at radius 3 is 2.88 bits per heavy atom. The van der Waals surface area contributed by atoms with Gasteiger partial charge in [-0.05, 0) is 12.1 Å². The molecule has 1 amide bonds. The summed E-state index contributed by atoms with van der Waals surface area (Å²) < 4.78 is 7.76. The Balaban J connectivity index is 1.85. The maximum absolute atomic E-state index is 11.6. The summed E-state index contributed by atoms with van der Waals surface area (Å²) in [5.74, 6) is -0.464. The molecule has 7 nitrogen and oxygen atoms in total. The number of aliphatic imine (C=N–C) groups is 1. The smallest absolute Gasteiger partial charge is 0.247 e. The van der Waals surface area contributed by atoms with Crippen LogP contribution in [0.1, 0.15) is 5.69 Å². The predicted molar refractivity (Wildman–Crippen MR) is 101 cm³/mol. The second kappa shape index (κ2) is 6.89. The standard InChI is InChI=1S/C17H23N5O2Si/c1-25(2,3)7-6-24-11-22-5-4-12-15(20-10-21-17(12)22)13-8-19-9-14(13)16(18)23/h4-5,8,10H,6-7,9,11H2,1-3H3,(H2,18,23). The third-order valence-electron chi connectivity index (χ3n) is 4.13. The molecular formula is C17H23N5O2Si. The lowest BCUT2D eigenvalue weighted by Gasteiger charge is -2.15. The summed E-state index contributed by atoms with van der Waals surface area (Å²) in [5.41, 5.74) is 8.07. The Bertz CT molecular complexity index is 864. The molecule has 0 spiro atoms. The van der Waals surface area contributed by atoms with Gasteiger partial charge in [0.15, 0.2) is 0 Å². The Kier molecular flexibility index (Phi) is 4.82. The first-order chi connectivity index (χ1) is 11.9. The maximum Gasteiger partial charge on any atom is 0.247 e. The van der Waals surface area contributed by atoms with Crippen molar-refractivity contribution in [3.8, 4) is 0 Å². The van der Waals surface area contributed by atoms with Crippen molar-refractivity contribution in [1.29, 1.82) is 0 Å². The van der Waals surface area contributed by atoms with Crippen LogP contribution >= 0.6 is 0 Å². The monoisotopic (exact) mass is 357 g/mol. The van der Waals surface area contributed by atoms with E-state index in [1.807, 2.05) is 16.8 Å². The van der Waals surface area contributed by atoms with E-state index >= 15 is 0 Å². The van der Waals surface area contributed by atoms with Gasteiger partial charge in [-0.25, -0.2) is 9.97 Å². The molecule has 2 aromatic heterocycles. The maximum atomic E-state index is 11.6. The van der Waals surface area contributed by atoms with Gasteiger partial charge in [0.25, 0.3) is 0 Å². The van der Waals surface area contributed by atoms with Gasteiger partial charge < -0.3 is 15.0 Å². The molecule has 3 rings (SSSR count). The number of amides is 1. The zero-order valence-corrected chi connectivity index (χ0v) is 15.8. The van der Waals surface area contributed by atoms with E-state index in [-0.39, 0.29) is 0 Å². The van der Waals surface area contributed by atoms with Crippen molar-refractivity contribution >= 4 is 36.8 Å². The summed E-state index contributed by atoms with van der Waals surface area (Å²) in [7, 11) is -1.10. The summed E-state index contributed by atoms with van der Waals surface area (Å²) in [6, 6.07) is 3.06. The second-order valence-electron chi connectivity index (χ2n) is 7.32. The first-order valence-corrected chi connectivity index (χ1v) is 12.0. The van der Waals surface area contributed by atoms with Crippen LogP contribution in [-0.2, 0) is 16.3 Å². The number of aromatic nitrogens is 3. The minimum Gasteiger partial charge on any atom is -0.366 e. The first-order valence-electron chi connectivity index (χ1n) is 8.27. The van der Waals surface area contributed by atoms with Crippen LogP contribution in [0, 0.1) is 0 Å². The molecule has 2 aromatic rings. The number of carbonyl (C=O) groups is 1. The summed E-state index contributed by atoms with van der Waals surface area (Å²) in [6.45, 7) is 8.48. The van der Waals surface area contributed by atoms with Gasteiger partial charge in [0, 0.05) is 43.6 Å². The Morgan fingerprint density at radius 1 is 1.36 bits per heavy atom. The highest BCUT2D eigenvalue weighted by Gasteiger charge is 2.21. The minimum absolute atomic E-state index is 0.302. The lowest BCUT2D eigenvalue weighted by Crippen LogP contribution is -2.22. The Morgan fingerprint density at radius 2 is 2.16 bits per heavy atom. The summed E-state index contributed by atoms with van der Waals surface area (Å²) >= 11 is 0. The van der Waals surface area contributed by atoms with Gasteiger partial charge in [0.05, 0.1) is 12.2 Å². The number of primary amides is 1. The zero-order valence-electron chi connectivity index (χ0n) is 14.8. The molecule has 3 heterocycles. The lowest BCUT2D eigenvalue weighted by atomic mass is 10.1. The molecule has 8 heteroatoms. The molecule has 0 bridgehead atoms.